The van der Waals surface area contributed by atoms with Crippen LogP contribution in [0.5, 0.6) is 0 Å². The Labute approximate surface area is 56.9 Å². The molecule has 0 aromatic carbocycles. The quantitative estimate of drug-likeness (QED) is 0.397. The molecule has 0 spiro atoms. The first kappa shape index (κ1) is 8.43. The molecule has 0 aliphatic heterocycles. The molecule has 0 amide bonds. The molecule has 3 heteroatoms. The van der Waals surface area contributed by atoms with Gasteiger partial charge < -0.3 is 9.91 Å². The van der Waals surface area contributed by atoms with Crippen molar-refractivity contribution in [1.29, 1.82) is 0 Å². The zero-order valence-electron chi connectivity index (χ0n) is 6.63. The fourth-order valence-electron chi connectivity index (χ4n) is 0.363. The molecule has 9 heavy (non-hydrogen) atoms. The summed E-state index contributed by atoms with van der Waals surface area (Å²) in [5.74, 6) is 0. The third kappa shape index (κ3) is 7.43. The SMILES string of the molecule is CN(C)CC=NN(C)C. The molecule has 0 unspecified atom stereocenters. The van der Waals surface area contributed by atoms with Crippen LogP contribution >= 0.6 is 0 Å². The first-order valence-electron chi connectivity index (χ1n) is 2.97. The predicted molar refractivity (Wildman–Crippen MR) is 40.7 cm³/mol. The molecule has 0 N–H and O–H groups in total. The van der Waals surface area contributed by atoms with Crippen molar-refractivity contribution in [2.75, 3.05) is 34.7 Å². The minimum absolute atomic E-state index is 0.901. The number of hydrazone groups is 1. The smallest absolute Gasteiger partial charge is 0.0385 e. The zero-order chi connectivity index (χ0) is 7.28. The lowest BCUT2D eigenvalue weighted by Gasteiger charge is -2.05. The van der Waals surface area contributed by atoms with Gasteiger partial charge in [0, 0.05) is 26.9 Å². The molecular formula is C6H15N3. The van der Waals surface area contributed by atoms with Gasteiger partial charge in [0.15, 0.2) is 0 Å². The second-order valence-electron chi connectivity index (χ2n) is 2.41. The largest absolute Gasteiger partial charge is 0.304 e. The highest BCUT2D eigenvalue weighted by molar-refractivity contribution is 5.58. The van der Waals surface area contributed by atoms with E-state index in [1.165, 1.54) is 0 Å². The summed E-state index contributed by atoms with van der Waals surface area (Å²) in [4.78, 5) is 2.06. The van der Waals surface area contributed by atoms with Crippen LogP contribution in [-0.4, -0.2) is 50.9 Å². The molecule has 0 fully saturated rings. The lowest BCUT2D eigenvalue weighted by atomic mass is 10.6. The summed E-state index contributed by atoms with van der Waals surface area (Å²) in [7, 11) is 7.85. The van der Waals surface area contributed by atoms with Crippen LogP contribution in [0.4, 0.5) is 0 Å². The molecule has 0 atom stereocenters. The van der Waals surface area contributed by atoms with Crippen molar-refractivity contribution in [2.24, 2.45) is 5.10 Å². The summed E-state index contributed by atoms with van der Waals surface area (Å²) in [5.41, 5.74) is 0. The molecule has 0 saturated heterocycles. The summed E-state index contributed by atoms with van der Waals surface area (Å²) in [6.45, 7) is 0.901. The second-order valence-corrected chi connectivity index (χ2v) is 2.41. The van der Waals surface area contributed by atoms with E-state index in [9.17, 15) is 0 Å². The molecule has 0 aromatic rings. The Hall–Kier alpha value is -0.570. The molecule has 0 aliphatic carbocycles. The lowest BCUT2D eigenvalue weighted by Crippen LogP contribution is -2.15. The summed E-state index contributed by atoms with van der Waals surface area (Å²) < 4.78 is 0. The van der Waals surface area contributed by atoms with Gasteiger partial charge in [-0.15, -0.1) is 0 Å². The van der Waals surface area contributed by atoms with Gasteiger partial charge in [-0.2, -0.15) is 5.10 Å². The molecule has 0 heterocycles. The van der Waals surface area contributed by atoms with Crippen molar-refractivity contribution in [3.8, 4) is 0 Å². The zero-order valence-corrected chi connectivity index (χ0v) is 6.63. The van der Waals surface area contributed by atoms with Gasteiger partial charge in [0.25, 0.3) is 0 Å². The van der Waals surface area contributed by atoms with Crippen LogP contribution in [0, 0.1) is 0 Å². The molecule has 0 rings (SSSR count). The standard InChI is InChI=1S/C6H15N3/c1-8(2)6-5-7-9(3)4/h5H,6H2,1-4H3. The van der Waals surface area contributed by atoms with Crippen molar-refractivity contribution in [3.05, 3.63) is 0 Å². The van der Waals surface area contributed by atoms with Crippen LogP contribution in [-0.2, 0) is 0 Å². The maximum absolute atomic E-state index is 4.03. The van der Waals surface area contributed by atoms with Crippen LogP contribution in [0.2, 0.25) is 0 Å². The summed E-state index contributed by atoms with van der Waals surface area (Å²) in [5, 5.41) is 5.81. The van der Waals surface area contributed by atoms with Gasteiger partial charge in [0.2, 0.25) is 0 Å². The van der Waals surface area contributed by atoms with Gasteiger partial charge >= 0.3 is 0 Å². The molecular weight excluding hydrogens is 114 g/mol. The monoisotopic (exact) mass is 129 g/mol. The minimum atomic E-state index is 0.901. The Morgan fingerprint density at radius 3 is 2.11 bits per heavy atom. The highest BCUT2D eigenvalue weighted by atomic mass is 15.4. The number of nitrogens with zero attached hydrogens (tertiary/aromatic N) is 3. The maximum Gasteiger partial charge on any atom is 0.0385 e. The van der Waals surface area contributed by atoms with E-state index in [1.807, 2.05) is 34.4 Å². The van der Waals surface area contributed by atoms with E-state index in [4.69, 9.17) is 0 Å². The average Bonchev–Trinajstić information content (AvgIpc) is 1.63. The highest BCUT2D eigenvalue weighted by Crippen LogP contribution is 1.73. The summed E-state index contributed by atoms with van der Waals surface area (Å²) in [6, 6.07) is 0. The van der Waals surface area contributed by atoms with Crippen molar-refractivity contribution in [2.45, 2.75) is 0 Å². The molecule has 54 valence electrons. The molecule has 0 bridgehead atoms. The maximum atomic E-state index is 4.03. The summed E-state index contributed by atoms with van der Waals surface area (Å²) in [6.07, 6.45) is 1.88. The Bertz CT molecular complexity index is 86.3. The van der Waals surface area contributed by atoms with Crippen LogP contribution in [0.15, 0.2) is 5.10 Å². The van der Waals surface area contributed by atoms with Gasteiger partial charge in [-0.1, -0.05) is 0 Å². The normalized spacial score (nSPS) is 11.2. The Morgan fingerprint density at radius 2 is 1.78 bits per heavy atom. The third-order valence-corrected chi connectivity index (χ3v) is 0.759. The second kappa shape index (κ2) is 4.32. The molecule has 0 saturated carbocycles. The first-order chi connectivity index (χ1) is 4.13. The van der Waals surface area contributed by atoms with E-state index < -0.39 is 0 Å². The predicted octanol–water partition coefficient (Wildman–Crippen LogP) is 0.0954. The molecule has 0 aromatic heterocycles. The fraction of sp³-hybridized carbons (Fsp3) is 0.833. The molecule has 0 aliphatic rings. The topological polar surface area (TPSA) is 18.8 Å². The van der Waals surface area contributed by atoms with E-state index >= 15 is 0 Å². The number of hydrogen-bond acceptors (Lipinski definition) is 3. The van der Waals surface area contributed by atoms with Gasteiger partial charge in [-0.25, -0.2) is 0 Å². The van der Waals surface area contributed by atoms with E-state index in [-0.39, 0.29) is 0 Å². The van der Waals surface area contributed by atoms with Crippen LogP contribution < -0.4 is 0 Å². The van der Waals surface area contributed by atoms with Crippen molar-refractivity contribution in [1.82, 2.24) is 9.91 Å². The Kier molecular flexibility index (Phi) is 4.05. The van der Waals surface area contributed by atoms with E-state index in [0.717, 1.165) is 6.54 Å². The van der Waals surface area contributed by atoms with Crippen molar-refractivity contribution < 1.29 is 0 Å². The lowest BCUT2D eigenvalue weighted by molar-refractivity contribution is 0.428. The average molecular weight is 129 g/mol. The third-order valence-electron chi connectivity index (χ3n) is 0.759. The highest BCUT2D eigenvalue weighted by Gasteiger charge is 1.81. The van der Waals surface area contributed by atoms with Crippen molar-refractivity contribution >= 4 is 6.21 Å². The fourth-order valence-corrected chi connectivity index (χ4v) is 0.363. The van der Waals surface area contributed by atoms with Gasteiger partial charge in [-0.05, 0) is 14.1 Å². The van der Waals surface area contributed by atoms with Crippen LogP contribution in [0.1, 0.15) is 0 Å². The van der Waals surface area contributed by atoms with Gasteiger partial charge in [0.05, 0.1) is 0 Å². The molecule has 0 radical (unpaired) electrons. The van der Waals surface area contributed by atoms with Crippen molar-refractivity contribution in [3.63, 3.8) is 0 Å². The number of rotatable bonds is 3. The minimum Gasteiger partial charge on any atom is -0.304 e. The number of hydrogen-bond donors (Lipinski definition) is 0. The molecule has 3 nitrogen and oxygen atoms in total. The Morgan fingerprint density at radius 1 is 1.22 bits per heavy atom. The van der Waals surface area contributed by atoms with Gasteiger partial charge in [0.1, 0.15) is 0 Å². The summed E-state index contributed by atoms with van der Waals surface area (Å²) >= 11 is 0. The van der Waals surface area contributed by atoms with E-state index in [1.54, 1.807) is 5.01 Å². The van der Waals surface area contributed by atoms with Gasteiger partial charge in [-0.3, -0.25) is 0 Å². The first-order valence-corrected chi connectivity index (χ1v) is 2.97. The van der Waals surface area contributed by atoms with E-state index in [0.29, 0.717) is 0 Å². The Balaban J connectivity index is 3.25. The van der Waals surface area contributed by atoms with Crippen LogP contribution in [0.25, 0.3) is 0 Å². The van der Waals surface area contributed by atoms with Crippen LogP contribution in [0.3, 0.4) is 0 Å². The van der Waals surface area contributed by atoms with E-state index in [2.05, 4.69) is 10.0 Å².